The Labute approximate surface area is 135 Å². The second-order valence-corrected chi connectivity index (χ2v) is 4.69. The Bertz CT molecular complexity index is 621. The summed E-state index contributed by atoms with van der Waals surface area (Å²) < 4.78 is 11.1. The van der Waals surface area contributed by atoms with Gasteiger partial charge in [-0.1, -0.05) is 12.1 Å². The van der Waals surface area contributed by atoms with Gasteiger partial charge < -0.3 is 14.8 Å². The van der Waals surface area contributed by atoms with Crippen LogP contribution in [0.15, 0.2) is 48.5 Å². The van der Waals surface area contributed by atoms with Crippen molar-refractivity contribution in [2.75, 3.05) is 26.3 Å². The Morgan fingerprint density at radius 1 is 0.913 bits per heavy atom. The van der Waals surface area contributed by atoms with Crippen molar-refractivity contribution in [2.24, 2.45) is 0 Å². The molecular weight excluding hydrogens is 290 g/mol. The lowest BCUT2D eigenvalue weighted by molar-refractivity contribution is 0.289. The molecule has 0 saturated carbocycles. The molecule has 2 aromatic carbocycles. The molecule has 5 heteroatoms. The molecule has 0 fully saturated rings. The topological polar surface area (TPSA) is 58.6 Å². The molecule has 0 spiro atoms. The lowest BCUT2D eigenvalue weighted by atomic mass is 10.2. The highest BCUT2D eigenvalue weighted by Crippen LogP contribution is 2.17. The Morgan fingerprint density at radius 2 is 1.43 bits per heavy atom. The molecule has 0 unspecified atom stereocenters. The van der Waals surface area contributed by atoms with E-state index in [2.05, 4.69) is 16.2 Å². The average molecular weight is 307 g/mol. The Balaban J connectivity index is 1.55. The van der Waals surface area contributed by atoms with Crippen LogP contribution in [0.5, 0.6) is 11.5 Å². The molecule has 116 valence electrons. The highest BCUT2D eigenvalue weighted by atomic mass is 16.5. The summed E-state index contributed by atoms with van der Waals surface area (Å²) in [5.74, 6) is 1.51. The van der Waals surface area contributed by atoms with Gasteiger partial charge in [0.25, 0.3) is 0 Å². The predicted octanol–water partition coefficient (Wildman–Crippen LogP) is 3.16. The van der Waals surface area contributed by atoms with Gasteiger partial charge in [0, 0.05) is 13.1 Å². The Kier molecular flexibility index (Phi) is 6.46. The number of nitrogens with zero attached hydrogens (tertiary/aromatic N) is 2. The van der Waals surface area contributed by atoms with Crippen LogP contribution >= 0.6 is 0 Å². The molecule has 0 aliphatic carbocycles. The second-order valence-electron chi connectivity index (χ2n) is 4.69. The van der Waals surface area contributed by atoms with Crippen molar-refractivity contribution in [3.8, 4) is 17.6 Å². The van der Waals surface area contributed by atoms with Gasteiger partial charge in [-0.25, -0.2) is 4.85 Å². The summed E-state index contributed by atoms with van der Waals surface area (Å²) >= 11 is 0. The van der Waals surface area contributed by atoms with E-state index in [0.717, 1.165) is 11.5 Å². The van der Waals surface area contributed by atoms with Gasteiger partial charge in [0.1, 0.15) is 24.7 Å². The molecule has 0 aliphatic rings. The van der Waals surface area contributed by atoms with Crippen LogP contribution in [0.1, 0.15) is 5.56 Å². The standard InChI is InChI=1S/C18H17N3O2/c1-20-16-4-8-18(9-5-16)23-13-11-21-10-12-22-17-6-2-15(14-19)3-7-17/h2-9,21H,10-13H2. The first-order chi connectivity index (χ1) is 11.3. The Hall–Kier alpha value is -3.02. The van der Waals surface area contributed by atoms with Crippen LogP contribution in [0.2, 0.25) is 0 Å². The summed E-state index contributed by atoms with van der Waals surface area (Å²) in [5.41, 5.74) is 1.23. The third-order valence-electron chi connectivity index (χ3n) is 3.04. The summed E-state index contributed by atoms with van der Waals surface area (Å²) in [6.45, 7) is 9.39. The minimum absolute atomic E-state index is 0.547. The molecule has 0 heterocycles. The number of nitrogens with one attached hydrogen (secondary N) is 1. The monoisotopic (exact) mass is 307 g/mol. The summed E-state index contributed by atoms with van der Waals surface area (Å²) in [6, 6.07) is 16.2. The quantitative estimate of drug-likeness (QED) is 0.601. The van der Waals surface area contributed by atoms with Gasteiger partial charge in [0.15, 0.2) is 5.69 Å². The van der Waals surface area contributed by atoms with E-state index in [1.54, 1.807) is 48.5 Å². The molecule has 2 aromatic rings. The summed E-state index contributed by atoms with van der Waals surface area (Å²) in [4.78, 5) is 3.33. The van der Waals surface area contributed by atoms with E-state index < -0.39 is 0 Å². The number of ether oxygens (including phenoxy) is 2. The van der Waals surface area contributed by atoms with Crippen LogP contribution in [0.3, 0.4) is 0 Å². The molecule has 0 atom stereocenters. The van der Waals surface area contributed by atoms with Crippen LogP contribution in [-0.4, -0.2) is 26.3 Å². The maximum Gasteiger partial charge on any atom is 0.187 e. The molecule has 1 N–H and O–H groups in total. The average Bonchev–Trinajstić information content (AvgIpc) is 2.62. The van der Waals surface area contributed by atoms with E-state index in [1.807, 2.05) is 0 Å². The summed E-state index contributed by atoms with van der Waals surface area (Å²) in [6.07, 6.45) is 0. The van der Waals surface area contributed by atoms with Crippen molar-refractivity contribution in [3.63, 3.8) is 0 Å². The van der Waals surface area contributed by atoms with E-state index in [4.69, 9.17) is 21.3 Å². The van der Waals surface area contributed by atoms with Crippen molar-refractivity contribution in [1.29, 1.82) is 5.26 Å². The fourth-order valence-electron chi connectivity index (χ4n) is 1.85. The number of benzene rings is 2. The molecule has 5 nitrogen and oxygen atoms in total. The van der Waals surface area contributed by atoms with Crippen molar-refractivity contribution in [1.82, 2.24) is 5.32 Å². The van der Waals surface area contributed by atoms with Gasteiger partial charge >= 0.3 is 0 Å². The van der Waals surface area contributed by atoms with Crippen LogP contribution in [0, 0.1) is 17.9 Å². The third kappa shape index (κ3) is 5.70. The summed E-state index contributed by atoms with van der Waals surface area (Å²) in [7, 11) is 0. The molecule has 0 saturated heterocycles. The first-order valence-corrected chi connectivity index (χ1v) is 7.26. The molecule has 23 heavy (non-hydrogen) atoms. The third-order valence-corrected chi connectivity index (χ3v) is 3.04. The van der Waals surface area contributed by atoms with Crippen LogP contribution < -0.4 is 14.8 Å². The van der Waals surface area contributed by atoms with E-state index in [0.29, 0.717) is 37.6 Å². The minimum Gasteiger partial charge on any atom is -0.492 e. The maximum absolute atomic E-state index is 8.71. The van der Waals surface area contributed by atoms with Crippen LogP contribution in [0.4, 0.5) is 5.69 Å². The normalized spacial score (nSPS) is 9.65. The van der Waals surface area contributed by atoms with Gasteiger partial charge in [0.05, 0.1) is 18.2 Å². The lowest BCUT2D eigenvalue weighted by Gasteiger charge is -2.09. The highest BCUT2D eigenvalue weighted by Gasteiger charge is 1.96. The maximum atomic E-state index is 8.71. The van der Waals surface area contributed by atoms with Crippen molar-refractivity contribution in [3.05, 3.63) is 65.5 Å². The SMILES string of the molecule is [C-]#[N+]c1ccc(OCCNCCOc2ccc(C#N)cc2)cc1. The van der Waals surface area contributed by atoms with E-state index >= 15 is 0 Å². The summed E-state index contributed by atoms with van der Waals surface area (Å²) in [5, 5.41) is 11.9. The van der Waals surface area contributed by atoms with Crippen LogP contribution in [-0.2, 0) is 0 Å². The van der Waals surface area contributed by atoms with Gasteiger partial charge in [-0.05, 0) is 36.4 Å². The zero-order valence-electron chi connectivity index (χ0n) is 12.7. The first kappa shape index (κ1) is 16.4. The zero-order chi connectivity index (χ0) is 16.3. The highest BCUT2D eigenvalue weighted by molar-refractivity contribution is 5.46. The number of hydrogen-bond donors (Lipinski definition) is 1. The van der Waals surface area contributed by atoms with E-state index in [-0.39, 0.29) is 0 Å². The minimum atomic E-state index is 0.547. The molecular formula is C18H17N3O2. The van der Waals surface area contributed by atoms with Crippen LogP contribution in [0.25, 0.3) is 4.85 Å². The van der Waals surface area contributed by atoms with Gasteiger partial charge in [0.2, 0.25) is 0 Å². The van der Waals surface area contributed by atoms with Gasteiger partial charge in [-0.2, -0.15) is 5.26 Å². The zero-order valence-corrected chi connectivity index (χ0v) is 12.7. The number of rotatable bonds is 8. The molecule has 0 radical (unpaired) electrons. The molecule has 2 rings (SSSR count). The van der Waals surface area contributed by atoms with Crippen molar-refractivity contribution >= 4 is 5.69 Å². The van der Waals surface area contributed by atoms with E-state index in [9.17, 15) is 0 Å². The molecule has 0 bridgehead atoms. The lowest BCUT2D eigenvalue weighted by Crippen LogP contribution is -2.25. The largest absolute Gasteiger partial charge is 0.492 e. The van der Waals surface area contributed by atoms with Crippen molar-refractivity contribution < 1.29 is 9.47 Å². The molecule has 0 aromatic heterocycles. The Morgan fingerprint density at radius 3 is 1.91 bits per heavy atom. The molecule has 0 aliphatic heterocycles. The second kappa shape index (κ2) is 9.09. The fourth-order valence-corrected chi connectivity index (χ4v) is 1.85. The predicted molar refractivity (Wildman–Crippen MR) is 87.7 cm³/mol. The van der Waals surface area contributed by atoms with Gasteiger partial charge in [-0.3, -0.25) is 0 Å². The smallest absolute Gasteiger partial charge is 0.187 e. The van der Waals surface area contributed by atoms with Gasteiger partial charge in [-0.15, -0.1) is 0 Å². The molecule has 0 amide bonds. The first-order valence-electron chi connectivity index (χ1n) is 7.26. The fraction of sp³-hybridized carbons (Fsp3) is 0.222. The number of nitriles is 1. The van der Waals surface area contributed by atoms with E-state index in [1.165, 1.54) is 0 Å². The van der Waals surface area contributed by atoms with Crippen molar-refractivity contribution in [2.45, 2.75) is 0 Å². The number of hydrogen-bond acceptors (Lipinski definition) is 4.